The second-order valence-electron chi connectivity index (χ2n) is 4.86. The van der Waals surface area contributed by atoms with Crippen molar-refractivity contribution in [1.82, 2.24) is 5.32 Å². The molecule has 1 atom stereocenters. The highest BCUT2D eigenvalue weighted by molar-refractivity contribution is 6.32. The van der Waals surface area contributed by atoms with Gasteiger partial charge in [0.2, 0.25) is 0 Å². The van der Waals surface area contributed by atoms with Crippen LogP contribution in [0.25, 0.3) is 0 Å². The molecular weight excluding hydrogens is 295 g/mol. The van der Waals surface area contributed by atoms with Gasteiger partial charge in [0.05, 0.1) is 5.02 Å². The summed E-state index contributed by atoms with van der Waals surface area (Å²) in [5.41, 5.74) is -1.82. The Bertz CT molecular complexity index is 463. The maximum Gasteiger partial charge on any atom is 0.406 e. The van der Waals surface area contributed by atoms with Crippen LogP contribution in [0.5, 0.6) is 5.75 Å². The zero-order valence-electron chi connectivity index (χ0n) is 10.6. The molecule has 0 spiro atoms. The smallest absolute Gasteiger partial charge is 0.406 e. The predicted molar refractivity (Wildman–Crippen MR) is 69.0 cm³/mol. The number of hydrogen-bond donors (Lipinski definition) is 2. The van der Waals surface area contributed by atoms with E-state index < -0.39 is 17.8 Å². The molecule has 1 unspecified atom stereocenters. The average Bonchev–Trinajstić information content (AvgIpc) is 3.16. The van der Waals surface area contributed by atoms with Crippen molar-refractivity contribution < 1.29 is 23.0 Å². The van der Waals surface area contributed by atoms with Gasteiger partial charge in [-0.3, -0.25) is 0 Å². The fraction of sp³-hybridized carbons (Fsp3) is 0.538. The molecule has 0 heterocycles. The van der Waals surface area contributed by atoms with E-state index in [-0.39, 0.29) is 26.0 Å². The van der Waals surface area contributed by atoms with Crippen molar-refractivity contribution in [3.05, 3.63) is 29.3 Å². The number of aliphatic hydroxyl groups excluding tert-OH is 1. The van der Waals surface area contributed by atoms with Gasteiger partial charge in [-0.05, 0) is 25.0 Å². The molecule has 1 aromatic rings. The third-order valence-corrected chi connectivity index (χ3v) is 3.55. The first-order valence-corrected chi connectivity index (χ1v) is 6.59. The van der Waals surface area contributed by atoms with Crippen LogP contribution >= 0.6 is 11.6 Å². The van der Waals surface area contributed by atoms with E-state index in [2.05, 4.69) is 5.32 Å². The summed E-state index contributed by atoms with van der Waals surface area (Å²) in [5.74, 6) is 0.394. The van der Waals surface area contributed by atoms with Crippen molar-refractivity contribution in [2.45, 2.75) is 30.7 Å². The molecule has 2 rings (SSSR count). The number of alkyl halides is 3. The minimum absolute atomic E-state index is 0.0502. The van der Waals surface area contributed by atoms with Gasteiger partial charge in [0.25, 0.3) is 0 Å². The van der Waals surface area contributed by atoms with Crippen LogP contribution in [-0.2, 0) is 0 Å². The van der Waals surface area contributed by atoms with E-state index >= 15 is 0 Å². The first-order valence-electron chi connectivity index (χ1n) is 6.21. The lowest BCUT2D eigenvalue weighted by Gasteiger charge is -2.22. The Labute approximate surface area is 119 Å². The van der Waals surface area contributed by atoms with Crippen LogP contribution in [0.1, 0.15) is 12.8 Å². The van der Waals surface area contributed by atoms with Crippen molar-refractivity contribution in [3.8, 4) is 5.75 Å². The van der Waals surface area contributed by atoms with Crippen LogP contribution in [0.3, 0.4) is 0 Å². The number of para-hydroxylation sites is 1. The first kappa shape index (κ1) is 15.4. The number of nitrogens with one attached hydrogen (secondary N) is 1. The third kappa shape index (κ3) is 3.56. The van der Waals surface area contributed by atoms with Crippen LogP contribution in [0.2, 0.25) is 5.02 Å². The minimum Gasteiger partial charge on any atom is -0.489 e. The highest BCUT2D eigenvalue weighted by atomic mass is 35.5. The molecule has 112 valence electrons. The topological polar surface area (TPSA) is 41.5 Å². The molecule has 7 heteroatoms. The van der Waals surface area contributed by atoms with Gasteiger partial charge in [-0.2, -0.15) is 13.2 Å². The van der Waals surface area contributed by atoms with Crippen molar-refractivity contribution in [1.29, 1.82) is 0 Å². The number of halogens is 4. The number of rotatable bonds is 6. The van der Waals surface area contributed by atoms with E-state index in [4.69, 9.17) is 16.3 Å². The highest BCUT2D eigenvalue weighted by Gasteiger charge is 2.63. The van der Waals surface area contributed by atoms with Crippen LogP contribution in [-0.4, -0.2) is 36.1 Å². The molecule has 0 saturated heterocycles. The van der Waals surface area contributed by atoms with E-state index in [1.807, 2.05) is 0 Å². The van der Waals surface area contributed by atoms with Gasteiger partial charge in [-0.15, -0.1) is 0 Å². The average molecular weight is 310 g/mol. The SMILES string of the molecule is OC(CNC1(C(F)(F)F)CC1)COc1ccccc1Cl. The normalized spacial score (nSPS) is 18.6. The summed E-state index contributed by atoms with van der Waals surface area (Å²) >= 11 is 5.86. The maximum absolute atomic E-state index is 12.7. The predicted octanol–water partition coefficient (Wildman–Crippen LogP) is 2.76. The zero-order valence-corrected chi connectivity index (χ0v) is 11.3. The van der Waals surface area contributed by atoms with Gasteiger partial charge < -0.3 is 15.2 Å². The third-order valence-electron chi connectivity index (χ3n) is 3.24. The summed E-state index contributed by atoms with van der Waals surface area (Å²) in [7, 11) is 0. The van der Waals surface area contributed by atoms with E-state index in [1.54, 1.807) is 24.3 Å². The lowest BCUT2D eigenvalue weighted by Crippen LogP contribution is -2.48. The Hall–Kier alpha value is -0.980. The second-order valence-corrected chi connectivity index (χ2v) is 5.26. The first-order chi connectivity index (χ1) is 9.34. The van der Waals surface area contributed by atoms with Crippen LogP contribution in [0, 0.1) is 0 Å². The summed E-state index contributed by atoms with van der Waals surface area (Å²) in [4.78, 5) is 0. The molecule has 1 aromatic carbocycles. The Morgan fingerprint density at radius 3 is 2.55 bits per heavy atom. The summed E-state index contributed by atoms with van der Waals surface area (Å²) in [6, 6.07) is 6.70. The van der Waals surface area contributed by atoms with Crippen molar-refractivity contribution in [2.24, 2.45) is 0 Å². The highest BCUT2D eigenvalue weighted by Crippen LogP contribution is 2.48. The number of hydrogen-bond acceptors (Lipinski definition) is 3. The summed E-state index contributed by atoms with van der Waals surface area (Å²) in [5, 5.41) is 12.4. The number of aliphatic hydroxyl groups is 1. The van der Waals surface area contributed by atoms with E-state index in [9.17, 15) is 18.3 Å². The zero-order chi connectivity index (χ0) is 14.8. The number of benzene rings is 1. The van der Waals surface area contributed by atoms with Crippen LogP contribution in [0.4, 0.5) is 13.2 Å². The number of ether oxygens (including phenoxy) is 1. The van der Waals surface area contributed by atoms with E-state index in [0.717, 1.165) is 0 Å². The van der Waals surface area contributed by atoms with Crippen molar-refractivity contribution in [3.63, 3.8) is 0 Å². The van der Waals surface area contributed by atoms with Gasteiger partial charge in [0, 0.05) is 6.54 Å². The summed E-state index contributed by atoms with van der Waals surface area (Å²) < 4.78 is 43.2. The lowest BCUT2D eigenvalue weighted by atomic mass is 10.2. The Morgan fingerprint density at radius 2 is 2.00 bits per heavy atom. The number of β-amino-alcohol motifs (C(OH)–C–C–N with tert-alkyl or cyclic N) is 1. The van der Waals surface area contributed by atoms with Gasteiger partial charge in [-0.1, -0.05) is 23.7 Å². The molecule has 0 amide bonds. The van der Waals surface area contributed by atoms with E-state index in [1.165, 1.54) is 0 Å². The Kier molecular flexibility index (Phi) is 4.46. The second kappa shape index (κ2) is 5.79. The van der Waals surface area contributed by atoms with Gasteiger partial charge in [-0.25, -0.2) is 0 Å². The monoisotopic (exact) mass is 309 g/mol. The molecule has 0 aromatic heterocycles. The van der Waals surface area contributed by atoms with Crippen molar-refractivity contribution in [2.75, 3.05) is 13.2 Å². The van der Waals surface area contributed by atoms with Gasteiger partial charge in [0.1, 0.15) is 24.0 Å². The molecular formula is C13H15ClF3NO2. The van der Waals surface area contributed by atoms with Crippen LogP contribution in [0.15, 0.2) is 24.3 Å². The molecule has 3 nitrogen and oxygen atoms in total. The van der Waals surface area contributed by atoms with Gasteiger partial charge in [0.15, 0.2) is 0 Å². The van der Waals surface area contributed by atoms with Crippen LogP contribution < -0.4 is 10.1 Å². The molecule has 20 heavy (non-hydrogen) atoms. The fourth-order valence-corrected chi connectivity index (χ4v) is 2.00. The molecule has 1 aliphatic rings. The molecule has 1 fully saturated rings. The van der Waals surface area contributed by atoms with Crippen molar-refractivity contribution >= 4 is 11.6 Å². The molecule has 0 aliphatic heterocycles. The minimum atomic E-state index is -4.28. The fourth-order valence-electron chi connectivity index (χ4n) is 1.81. The van der Waals surface area contributed by atoms with E-state index in [0.29, 0.717) is 10.8 Å². The largest absolute Gasteiger partial charge is 0.489 e. The standard InChI is InChI=1S/C13H15ClF3NO2/c14-10-3-1-2-4-11(10)20-8-9(19)7-18-12(5-6-12)13(15,16)17/h1-4,9,18-19H,5-8H2. The lowest BCUT2D eigenvalue weighted by molar-refractivity contribution is -0.166. The molecule has 2 N–H and O–H groups in total. The Balaban J connectivity index is 1.77. The summed E-state index contributed by atoms with van der Waals surface area (Å²) in [6.07, 6.45) is -5.22. The molecule has 1 saturated carbocycles. The maximum atomic E-state index is 12.7. The molecule has 1 aliphatic carbocycles. The molecule has 0 radical (unpaired) electrons. The molecule has 0 bridgehead atoms. The summed E-state index contributed by atoms with van der Waals surface area (Å²) in [6.45, 7) is -0.297. The Morgan fingerprint density at radius 1 is 1.35 bits per heavy atom. The van der Waals surface area contributed by atoms with Gasteiger partial charge >= 0.3 is 6.18 Å². The quantitative estimate of drug-likeness (QED) is 0.849.